The van der Waals surface area contributed by atoms with E-state index in [2.05, 4.69) is 10.4 Å². The van der Waals surface area contributed by atoms with E-state index in [0.717, 1.165) is 19.3 Å². The number of rotatable bonds is 5. The van der Waals surface area contributed by atoms with Crippen LogP contribution in [0.4, 0.5) is 5.82 Å². The van der Waals surface area contributed by atoms with E-state index < -0.39 is 5.97 Å². The minimum atomic E-state index is -0.975. The molecule has 2 heterocycles. The topological polar surface area (TPSA) is 93.5 Å². The lowest BCUT2D eigenvalue weighted by atomic mass is 10.1. The molecule has 1 atom stereocenters. The van der Waals surface area contributed by atoms with Gasteiger partial charge in [0.05, 0.1) is 12.5 Å². The number of carbonyl (C=O) groups is 2. The first-order chi connectivity index (χ1) is 9.13. The van der Waals surface area contributed by atoms with Crippen molar-refractivity contribution >= 4 is 17.7 Å². The van der Waals surface area contributed by atoms with E-state index in [-0.39, 0.29) is 18.6 Å². The third kappa shape index (κ3) is 4.36. The minimum absolute atomic E-state index is 0.0187. The maximum absolute atomic E-state index is 11.8. The number of amides is 1. The third-order valence-corrected chi connectivity index (χ3v) is 2.89. The molecule has 7 nitrogen and oxygen atoms in total. The number of nitrogens with one attached hydrogen (secondary N) is 1. The highest BCUT2D eigenvalue weighted by atomic mass is 16.5. The van der Waals surface area contributed by atoms with Crippen molar-refractivity contribution in [3.05, 3.63) is 12.3 Å². The average molecular weight is 267 g/mol. The molecule has 1 amide bonds. The maximum atomic E-state index is 11.8. The zero-order valence-corrected chi connectivity index (χ0v) is 10.5. The second-order valence-corrected chi connectivity index (χ2v) is 4.53. The summed E-state index contributed by atoms with van der Waals surface area (Å²) in [5.74, 6) is -0.772. The highest BCUT2D eigenvalue weighted by molar-refractivity contribution is 5.90. The molecule has 2 N–H and O–H groups in total. The predicted octanol–water partition coefficient (Wildman–Crippen LogP) is 0.865. The highest BCUT2D eigenvalue weighted by Crippen LogP contribution is 2.16. The predicted molar refractivity (Wildman–Crippen MR) is 66.7 cm³/mol. The van der Waals surface area contributed by atoms with E-state index >= 15 is 0 Å². The lowest BCUT2D eigenvalue weighted by molar-refractivity contribution is -0.137. The van der Waals surface area contributed by atoms with E-state index in [4.69, 9.17) is 9.84 Å². The number of hydrogen-bond acceptors (Lipinski definition) is 4. The Morgan fingerprint density at radius 1 is 1.53 bits per heavy atom. The van der Waals surface area contributed by atoms with Gasteiger partial charge in [0.15, 0.2) is 5.82 Å². The van der Waals surface area contributed by atoms with Crippen LogP contribution in [-0.2, 0) is 20.9 Å². The second-order valence-electron chi connectivity index (χ2n) is 4.53. The van der Waals surface area contributed by atoms with Gasteiger partial charge in [-0.1, -0.05) is 0 Å². The van der Waals surface area contributed by atoms with Crippen LogP contribution in [0.3, 0.4) is 0 Å². The summed E-state index contributed by atoms with van der Waals surface area (Å²) >= 11 is 0. The van der Waals surface area contributed by atoms with Crippen molar-refractivity contribution in [2.45, 2.75) is 38.3 Å². The van der Waals surface area contributed by atoms with Crippen molar-refractivity contribution in [1.29, 1.82) is 0 Å². The van der Waals surface area contributed by atoms with E-state index in [1.54, 1.807) is 6.07 Å². The first-order valence-corrected chi connectivity index (χ1v) is 6.30. The number of aromatic nitrogens is 2. The van der Waals surface area contributed by atoms with Crippen LogP contribution in [0.2, 0.25) is 0 Å². The molecule has 1 saturated heterocycles. The van der Waals surface area contributed by atoms with Gasteiger partial charge < -0.3 is 15.2 Å². The molecule has 1 aliphatic rings. The van der Waals surface area contributed by atoms with Gasteiger partial charge in [0.1, 0.15) is 6.54 Å². The Morgan fingerprint density at radius 3 is 3.05 bits per heavy atom. The Kier molecular flexibility index (Phi) is 4.51. The summed E-state index contributed by atoms with van der Waals surface area (Å²) in [6.07, 6.45) is 4.85. The van der Waals surface area contributed by atoms with Crippen LogP contribution < -0.4 is 5.32 Å². The maximum Gasteiger partial charge on any atom is 0.325 e. The lowest BCUT2D eigenvalue weighted by Crippen LogP contribution is -2.25. The van der Waals surface area contributed by atoms with Crippen LogP contribution in [0.1, 0.15) is 25.7 Å². The molecule has 19 heavy (non-hydrogen) atoms. The number of aliphatic carboxylic acids is 1. The lowest BCUT2D eigenvalue weighted by Gasteiger charge is -2.21. The Balaban J connectivity index is 1.81. The first kappa shape index (κ1) is 13.5. The fourth-order valence-corrected chi connectivity index (χ4v) is 2.02. The van der Waals surface area contributed by atoms with Gasteiger partial charge in [0.2, 0.25) is 5.91 Å². The Labute approximate surface area is 110 Å². The molecule has 0 spiro atoms. The minimum Gasteiger partial charge on any atom is -0.480 e. The molecular weight excluding hydrogens is 250 g/mol. The fraction of sp³-hybridized carbons (Fsp3) is 0.583. The van der Waals surface area contributed by atoms with Crippen molar-refractivity contribution < 1.29 is 19.4 Å². The van der Waals surface area contributed by atoms with Crippen molar-refractivity contribution in [1.82, 2.24) is 9.78 Å². The molecule has 0 unspecified atom stereocenters. The molecule has 1 fully saturated rings. The molecule has 0 radical (unpaired) electrons. The van der Waals surface area contributed by atoms with Crippen molar-refractivity contribution in [2.24, 2.45) is 0 Å². The van der Waals surface area contributed by atoms with Crippen LogP contribution in [0.15, 0.2) is 12.3 Å². The quantitative estimate of drug-likeness (QED) is 0.825. The zero-order chi connectivity index (χ0) is 13.7. The number of ether oxygens (including phenoxy) is 1. The van der Waals surface area contributed by atoms with Gasteiger partial charge in [-0.2, -0.15) is 5.10 Å². The average Bonchev–Trinajstić information content (AvgIpc) is 2.76. The van der Waals surface area contributed by atoms with Gasteiger partial charge in [0, 0.05) is 18.9 Å². The number of carboxylic acids is 1. The smallest absolute Gasteiger partial charge is 0.325 e. The van der Waals surface area contributed by atoms with E-state index in [1.165, 1.54) is 10.9 Å². The Morgan fingerprint density at radius 2 is 2.37 bits per heavy atom. The molecule has 104 valence electrons. The fourth-order valence-electron chi connectivity index (χ4n) is 2.02. The van der Waals surface area contributed by atoms with Crippen LogP contribution in [0.5, 0.6) is 0 Å². The highest BCUT2D eigenvalue weighted by Gasteiger charge is 2.18. The van der Waals surface area contributed by atoms with Crippen molar-refractivity contribution in [2.75, 3.05) is 11.9 Å². The van der Waals surface area contributed by atoms with Crippen LogP contribution >= 0.6 is 0 Å². The number of hydrogen-bond donors (Lipinski definition) is 2. The largest absolute Gasteiger partial charge is 0.480 e. The summed E-state index contributed by atoms with van der Waals surface area (Å²) in [5.41, 5.74) is 0. The van der Waals surface area contributed by atoms with Gasteiger partial charge in [-0.3, -0.25) is 14.3 Å². The first-order valence-electron chi connectivity index (χ1n) is 6.30. The third-order valence-electron chi connectivity index (χ3n) is 2.89. The zero-order valence-electron chi connectivity index (χ0n) is 10.5. The molecule has 1 aromatic rings. The van der Waals surface area contributed by atoms with E-state index in [1.807, 2.05) is 0 Å². The van der Waals surface area contributed by atoms with E-state index in [9.17, 15) is 9.59 Å². The number of carboxylic acid groups (broad SMARTS) is 1. The van der Waals surface area contributed by atoms with Crippen LogP contribution in [0.25, 0.3) is 0 Å². The molecule has 1 aromatic heterocycles. The summed E-state index contributed by atoms with van der Waals surface area (Å²) in [6.45, 7) is 0.493. The molecule has 0 bridgehead atoms. The van der Waals surface area contributed by atoms with E-state index in [0.29, 0.717) is 18.8 Å². The SMILES string of the molecule is O=C(O)Cn1ccc(NC(=O)C[C@H]2CCCCO2)n1. The molecule has 7 heteroatoms. The van der Waals surface area contributed by atoms with Gasteiger partial charge in [0.25, 0.3) is 0 Å². The number of anilines is 1. The molecule has 1 aliphatic heterocycles. The summed E-state index contributed by atoms with van der Waals surface area (Å²) < 4.78 is 6.74. The normalized spacial score (nSPS) is 19.1. The number of carbonyl (C=O) groups excluding carboxylic acids is 1. The standard InChI is InChI=1S/C12H17N3O4/c16-11(7-9-3-1-2-6-19-9)13-10-4-5-15(14-10)8-12(17)18/h4-5,9H,1-3,6-8H2,(H,17,18)(H,13,14,16)/t9-/m1/s1. The second kappa shape index (κ2) is 6.33. The summed E-state index contributed by atoms with van der Waals surface area (Å²) in [5, 5.41) is 15.2. The van der Waals surface area contributed by atoms with Crippen LogP contribution in [0, 0.1) is 0 Å². The molecule has 0 aromatic carbocycles. The summed E-state index contributed by atoms with van der Waals surface area (Å²) in [4.78, 5) is 22.3. The number of nitrogens with zero attached hydrogens (tertiary/aromatic N) is 2. The molecular formula is C12H17N3O4. The van der Waals surface area contributed by atoms with Crippen molar-refractivity contribution in [3.63, 3.8) is 0 Å². The molecule has 0 saturated carbocycles. The molecule has 0 aliphatic carbocycles. The van der Waals surface area contributed by atoms with Crippen LogP contribution in [-0.4, -0.2) is 39.5 Å². The Bertz CT molecular complexity index is 452. The molecule has 2 rings (SSSR count). The summed E-state index contributed by atoms with van der Waals surface area (Å²) in [7, 11) is 0. The van der Waals surface area contributed by atoms with Gasteiger partial charge in [-0.25, -0.2) is 0 Å². The van der Waals surface area contributed by atoms with Gasteiger partial charge in [-0.05, 0) is 19.3 Å². The van der Waals surface area contributed by atoms with Gasteiger partial charge >= 0.3 is 5.97 Å². The van der Waals surface area contributed by atoms with Crippen molar-refractivity contribution in [3.8, 4) is 0 Å². The monoisotopic (exact) mass is 267 g/mol. The summed E-state index contributed by atoms with van der Waals surface area (Å²) in [6, 6.07) is 1.57. The van der Waals surface area contributed by atoms with Gasteiger partial charge in [-0.15, -0.1) is 0 Å². The Hall–Kier alpha value is -1.89.